The van der Waals surface area contributed by atoms with Gasteiger partial charge in [0, 0.05) is 24.7 Å². The molecule has 9 heteroatoms. The van der Waals surface area contributed by atoms with Gasteiger partial charge in [0.05, 0.1) is 35.3 Å². The number of aromatic nitrogens is 4. The molecule has 7 nitrogen and oxygen atoms in total. The number of ether oxygens (including phenoxy) is 1. The molecule has 3 rings (SSSR count). The number of anilines is 1. The molecular formula is C16H16ClN5O2S. The highest BCUT2D eigenvalue weighted by Crippen LogP contribution is 2.34. The van der Waals surface area contributed by atoms with Gasteiger partial charge in [0.25, 0.3) is 0 Å². The number of carbonyl (C=O) groups excluding carboxylic acids is 1. The Kier molecular flexibility index (Phi) is 4.82. The van der Waals surface area contributed by atoms with Gasteiger partial charge in [0.2, 0.25) is 0 Å². The number of hydrogen-bond donors (Lipinski definition) is 1. The van der Waals surface area contributed by atoms with Crippen molar-refractivity contribution in [3.63, 3.8) is 0 Å². The number of nitrogens with zero attached hydrogens (tertiary/aromatic N) is 4. The summed E-state index contributed by atoms with van der Waals surface area (Å²) < 4.78 is 6.70. The fraction of sp³-hybridized carbons (Fsp3) is 0.250. The van der Waals surface area contributed by atoms with Crippen LogP contribution in [-0.2, 0) is 11.8 Å². The zero-order valence-electron chi connectivity index (χ0n) is 13.9. The first-order valence-electron chi connectivity index (χ1n) is 7.39. The highest BCUT2D eigenvalue weighted by Gasteiger charge is 2.18. The predicted octanol–water partition coefficient (Wildman–Crippen LogP) is 3.24. The fourth-order valence-corrected chi connectivity index (χ4v) is 3.59. The third kappa shape index (κ3) is 3.54. The summed E-state index contributed by atoms with van der Waals surface area (Å²) in [6.45, 7) is 1.97. The Morgan fingerprint density at radius 3 is 2.84 bits per heavy atom. The fourth-order valence-electron chi connectivity index (χ4n) is 2.47. The van der Waals surface area contributed by atoms with Crippen LogP contribution in [0.1, 0.15) is 28.2 Å². The van der Waals surface area contributed by atoms with E-state index in [0.29, 0.717) is 21.7 Å². The number of methoxy groups -OCH3 is 1. The van der Waals surface area contributed by atoms with Crippen LogP contribution in [0.3, 0.4) is 0 Å². The lowest BCUT2D eigenvalue weighted by Crippen LogP contribution is -2.01. The first kappa shape index (κ1) is 17.5. The Labute approximate surface area is 153 Å². The Hall–Kier alpha value is -2.32. The molecule has 0 saturated heterocycles. The summed E-state index contributed by atoms with van der Waals surface area (Å²) in [5.74, 6) is -0.0665. The Bertz CT molecular complexity index is 939. The van der Waals surface area contributed by atoms with Crippen LogP contribution in [0.2, 0.25) is 5.15 Å². The summed E-state index contributed by atoms with van der Waals surface area (Å²) >= 11 is 7.31. The van der Waals surface area contributed by atoms with Crippen LogP contribution in [0.25, 0.3) is 10.9 Å². The molecule has 0 amide bonds. The van der Waals surface area contributed by atoms with E-state index >= 15 is 0 Å². The third-order valence-corrected chi connectivity index (χ3v) is 4.88. The van der Waals surface area contributed by atoms with E-state index in [9.17, 15) is 4.79 Å². The van der Waals surface area contributed by atoms with Crippen LogP contribution in [0.4, 0.5) is 5.82 Å². The van der Waals surface area contributed by atoms with Crippen LogP contribution in [0.15, 0.2) is 29.7 Å². The van der Waals surface area contributed by atoms with Crippen molar-refractivity contribution in [3.05, 3.63) is 40.9 Å². The zero-order valence-corrected chi connectivity index (χ0v) is 15.4. The normalized spacial score (nSPS) is 12.3. The lowest BCUT2D eigenvalue weighted by atomic mass is 10.1. The van der Waals surface area contributed by atoms with Crippen LogP contribution < -0.4 is 5.73 Å². The summed E-state index contributed by atoms with van der Waals surface area (Å²) in [5.41, 5.74) is 7.84. The molecule has 3 aromatic rings. The molecule has 25 heavy (non-hydrogen) atoms. The van der Waals surface area contributed by atoms with E-state index in [1.807, 2.05) is 24.6 Å². The van der Waals surface area contributed by atoms with Gasteiger partial charge in [-0.3, -0.25) is 4.98 Å². The molecule has 3 aromatic heterocycles. The van der Waals surface area contributed by atoms with Gasteiger partial charge in [-0.15, -0.1) is 0 Å². The van der Waals surface area contributed by atoms with Gasteiger partial charge in [-0.1, -0.05) is 23.4 Å². The Balaban J connectivity index is 1.96. The largest absolute Gasteiger partial charge is 0.465 e. The van der Waals surface area contributed by atoms with Gasteiger partial charge < -0.3 is 15.0 Å². The van der Waals surface area contributed by atoms with Gasteiger partial charge in [-0.05, 0) is 13.0 Å². The van der Waals surface area contributed by atoms with E-state index in [2.05, 4.69) is 15.0 Å². The molecular weight excluding hydrogens is 362 g/mol. The van der Waals surface area contributed by atoms with Gasteiger partial charge in [-0.25, -0.2) is 14.8 Å². The number of fused-ring (bicyclic) bond motifs is 1. The van der Waals surface area contributed by atoms with E-state index < -0.39 is 0 Å². The molecule has 0 fully saturated rings. The molecule has 1 unspecified atom stereocenters. The molecule has 1 atom stereocenters. The lowest BCUT2D eigenvalue weighted by Gasteiger charge is -2.10. The van der Waals surface area contributed by atoms with E-state index in [0.717, 1.165) is 16.6 Å². The number of esters is 1. The third-order valence-electron chi connectivity index (χ3n) is 3.70. The smallest absolute Gasteiger partial charge is 0.340 e. The maximum Gasteiger partial charge on any atom is 0.340 e. The lowest BCUT2D eigenvalue weighted by molar-refractivity contribution is 0.0603. The van der Waals surface area contributed by atoms with E-state index in [1.54, 1.807) is 12.4 Å². The van der Waals surface area contributed by atoms with E-state index in [-0.39, 0.29) is 11.2 Å². The minimum atomic E-state index is -0.381. The number of carbonyl (C=O) groups is 1. The second kappa shape index (κ2) is 6.89. The first-order valence-corrected chi connectivity index (χ1v) is 8.64. The maximum atomic E-state index is 12.0. The number of nitrogens with two attached hydrogens (primary N) is 1. The maximum absolute atomic E-state index is 12.0. The van der Waals surface area contributed by atoms with Crippen molar-refractivity contribution in [3.8, 4) is 0 Å². The number of nitrogen functional groups attached to an aromatic ring is 1. The van der Waals surface area contributed by atoms with Crippen LogP contribution in [-0.4, -0.2) is 32.6 Å². The van der Waals surface area contributed by atoms with Crippen LogP contribution >= 0.6 is 23.4 Å². The molecule has 130 valence electrons. The highest BCUT2D eigenvalue weighted by atomic mass is 35.5. The monoisotopic (exact) mass is 377 g/mol. The number of halogens is 1. The minimum absolute atomic E-state index is 0.0621. The van der Waals surface area contributed by atoms with Gasteiger partial charge in [0.15, 0.2) is 5.16 Å². The number of thioether (sulfide) groups is 1. The summed E-state index contributed by atoms with van der Waals surface area (Å²) in [4.78, 5) is 24.8. The van der Waals surface area contributed by atoms with E-state index in [4.69, 9.17) is 22.1 Å². The Morgan fingerprint density at radius 1 is 1.40 bits per heavy atom. The van der Waals surface area contributed by atoms with Crippen molar-refractivity contribution in [2.45, 2.75) is 17.3 Å². The summed E-state index contributed by atoms with van der Waals surface area (Å²) in [7, 11) is 3.22. The van der Waals surface area contributed by atoms with Crippen LogP contribution in [0, 0.1) is 0 Å². The standard InChI is InChI=1S/C16H16ClN5O2S/c1-8(25-16-20-13(17)5-14(18)21-16)11-4-9-10(15(23)24-3)7-22(2)12(9)6-19-11/h4-8H,1-3H3,(H2,18,20,21). The van der Waals surface area contributed by atoms with Crippen molar-refractivity contribution >= 4 is 46.1 Å². The summed E-state index contributed by atoms with van der Waals surface area (Å²) in [6.07, 6.45) is 3.47. The molecule has 0 spiro atoms. The highest BCUT2D eigenvalue weighted by molar-refractivity contribution is 7.99. The first-order chi connectivity index (χ1) is 11.9. The van der Waals surface area contributed by atoms with E-state index in [1.165, 1.54) is 24.9 Å². The van der Waals surface area contributed by atoms with Crippen LogP contribution in [0.5, 0.6) is 0 Å². The average Bonchev–Trinajstić information content (AvgIpc) is 2.89. The SMILES string of the molecule is COC(=O)c1cn(C)c2cnc(C(C)Sc3nc(N)cc(Cl)n3)cc12. The quantitative estimate of drug-likeness (QED) is 0.322. The average molecular weight is 378 g/mol. The molecule has 0 aliphatic heterocycles. The zero-order chi connectivity index (χ0) is 18.1. The van der Waals surface area contributed by atoms with Crippen molar-refractivity contribution in [1.82, 2.24) is 19.5 Å². The second-order valence-electron chi connectivity index (χ2n) is 5.43. The number of rotatable bonds is 4. The molecule has 0 aromatic carbocycles. The number of hydrogen-bond acceptors (Lipinski definition) is 7. The molecule has 0 radical (unpaired) electrons. The predicted molar refractivity (Wildman–Crippen MR) is 97.8 cm³/mol. The Morgan fingerprint density at radius 2 is 2.16 bits per heavy atom. The van der Waals surface area contributed by atoms with Crippen molar-refractivity contribution < 1.29 is 9.53 Å². The van der Waals surface area contributed by atoms with Gasteiger partial charge >= 0.3 is 5.97 Å². The van der Waals surface area contributed by atoms with Gasteiger partial charge in [0.1, 0.15) is 11.0 Å². The van der Waals surface area contributed by atoms with Crippen molar-refractivity contribution in [2.24, 2.45) is 7.05 Å². The summed E-state index contributed by atoms with van der Waals surface area (Å²) in [5, 5.41) is 1.49. The molecule has 0 aliphatic rings. The summed E-state index contributed by atoms with van der Waals surface area (Å²) in [6, 6.07) is 3.38. The van der Waals surface area contributed by atoms with Gasteiger partial charge in [-0.2, -0.15) is 0 Å². The van der Waals surface area contributed by atoms with Crippen molar-refractivity contribution in [1.29, 1.82) is 0 Å². The molecule has 0 bridgehead atoms. The topological polar surface area (TPSA) is 95.9 Å². The molecule has 2 N–H and O–H groups in total. The molecule has 3 heterocycles. The van der Waals surface area contributed by atoms with Crippen molar-refractivity contribution in [2.75, 3.05) is 12.8 Å². The number of aryl methyl sites for hydroxylation is 1. The molecule has 0 aliphatic carbocycles. The second-order valence-corrected chi connectivity index (χ2v) is 7.12. The minimum Gasteiger partial charge on any atom is -0.465 e. The molecule has 0 saturated carbocycles. The number of pyridine rings is 1.